The lowest BCUT2D eigenvalue weighted by Crippen LogP contribution is -2.29. The van der Waals surface area contributed by atoms with Crippen LogP contribution in [0.5, 0.6) is 0 Å². The molecule has 0 radical (unpaired) electrons. The van der Waals surface area contributed by atoms with Gasteiger partial charge in [0.25, 0.3) is 0 Å². The highest BCUT2D eigenvalue weighted by molar-refractivity contribution is 5.80. The number of aliphatic hydroxyl groups is 1. The van der Waals surface area contributed by atoms with E-state index in [1.807, 2.05) is 32.0 Å². The fraction of sp³-hybridized carbons (Fsp3) is 0.500. The van der Waals surface area contributed by atoms with Crippen LogP contribution in [-0.2, 0) is 4.79 Å². The highest BCUT2D eigenvalue weighted by atomic mass is 16.3. The second kappa shape index (κ2) is 4.88. The van der Waals surface area contributed by atoms with E-state index in [1.54, 1.807) is 0 Å². The maximum atomic E-state index is 11.5. The van der Waals surface area contributed by atoms with E-state index in [0.717, 1.165) is 29.5 Å². The number of hydrogen-bond donors (Lipinski definition) is 2. The molecule has 0 heterocycles. The summed E-state index contributed by atoms with van der Waals surface area (Å²) in [6.07, 6.45) is 1.37. The fourth-order valence-electron chi connectivity index (χ4n) is 1.92. The number of aliphatic hydroxyl groups excluding tert-OH is 1. The van der Waals surface area contributed by atoms with Crippen LogP contribution < -0.4 is 5.32 Å². The number of hydrogen-bond acceptors (Lipinski definition) is 2. The molecular formula is C14H19NO2. The number of rotatable bonds is 4. The predicted molar refractivity (Wildman–Crippen MR) is 66.6 cm³/mol. The summed E-state index contributed by atoms with van der Waals surface area (Å²) in [6.45, 7) is 4.28. The van der Waals surface area contributed by atoms with Gasteiger partial charge in [0.2, 0.25) is 5.91 Å². The van der Waals surface area contributed by atoms with E-state index in [2.05, 4.69) is 5.32 Å². The maximum absolute atomic E-state index is 11.5. The first-order valence-corrected chi connectivity index (χ1v) is 6.11. The fourth-order valence-corrected chi connectivity index (χ4v) is 1.92. The predicted octanol–water partition coefficient (Wildman–Crippen LogP) is 1.86. The van der Waals surface area contributed by atoms with E-state index in [0.29, 0.717) is 6.54 Å². The van der Waals surface area contributed by atoms with Crippen molar-refractivity contribution in [3.8, 4) is 0 Å². The highest BCUT2D eigenvalue weighted by Gasteiger charge is 2.29. The van der Waals surface area contributed by atoms with Gasteiger partial charge in [-0.25, -0.2) is 0 Å². The lowest BCUT2D eigenvalue weighted by Gasteiger charge is -2.15. The Morgan fingerprint density at radius 3 is 2.82 bits per heavy atom. The molecule has 3 nitrogen and oxygen atoms in total. The molecule has 1 aliphatic rings. The van der Waals surface area contributed by atoms with Crippen LogP contribution in [0.2, 0.25) is 0 Å². The largest absolute Gasteiger partial charge is 0.387 e. The molecule has 1 fully saturated rings. The molecule has 1 atom stereocenters. The molecule has 0 bridgehead atoms. The zero-order valence-electron chi connectivity index (χ0n) is 10.4. The van der Waals surface area contributed by atoms with Crippen molar-refractivity contribution in [1.29, 1.82) is 0 Å². The smallest absolute Gasteiger partial charge is 0.223 e. The summed E-state index contributed by atoms with van der Waals surface area (Å²) in [4.78, 5) is 11.5. The molecule has 2 rings (SSSR count). The molecule has 0 spiro atoms. The van der Waals surface area contributed by atoms with Crippen molar-refractivity contribution in [3.63, 3.8) is 0 Å². The Bertz CT molecular complexity index is 424. The number of carbonyl (C=O) groups excluding carboxylic acids is 1. The van der Waals surface area contributed by atoms with Crippen LogP contribution >= 0.6 is 0 Å². The lowest BCUT2D eigenvalue weighted by molar-refractivity contribution is -0.122. The monoisotopic (exact) mass is 233 g/mol. The van der Waals surface area contributed by atoms with Gasteiger partial charge < -0.3 is 10.4 Å². The second-order valence-electron chi connectivity index (χ2n) is 4.90. The molecule has 0 aromatic heterocycles. The third-order valence-electron chi connectivity index (χ3n) is 3.21. The quantitative estimate of drug-likeness (QED) is 0.834. The zero-order chi connectivity index (χ0) is 12.4. The molecule has 2 N–H and O–H groups in total. The molecule has 1 unspecified atom stereocenters. The van der Waals surface area contributed by atoms with Gasteiger partial charge in [0.15, 0.2) is 0 Å². The van der Waals surface area contributed by atoms with E-state index in [1.165, 1.54) is 0 Å². The molecule has 1 amide bonds. The summed E-state index contributed by atoms with van der Waals surface area (Å²) in [7, 11) is 0. The van der Waals surface area contributed by atoms with Crippen LogP contribution in [0, 0.1) is 19.8 Å². The molecule has 0 saturated heterocycles. The van der Waals surface area contributed by atoms with Crippen LogP contribution in [0.25, 0.3) is 0 Å². The van der Waals surface area contributed by atoms with Gasteiger partial charge in [-0.2, -0.15) is 0 Å². The second-order valence-corrected chi connectivity index (χ2v) is 4.90. The van der Waals surface area contributed by atoms with Gasteiger partial charge in [0, 0.05) is 12.5 Å². The third kappa shape index (κ3) is 3.07. The van der Waals surface area contributed by atoms with Crippen LogP contribution in [0.4, 0.5) is 0 Å². The minimum absolute atomic E-state index is 0.0781. The number of aryl methyl sites for hydroxylation is 2. The zero-order valence-corrected chi connectivity index (χ0v) is 10.4. The van der Waals surface area contributed by atoms with Crippen molar-refractivity contribution in [2.24, 2.45) is 5.92 Å². The Morgan fingerprint density at radius 2 is 2.18 bits per heavy atom. The van der Waals surface area contributed by atoms with Gasteiger partial charge in [-0.1, -0.05) is 23.8 Å². The number of carbonyl (C=O) groups is 1. The van der Waals surface area contributed by atoms with E-state index < -0.39 is 6.10 Å². The Hall–Kier alpha value is -1.35. The molecule has 0 aliphatic heterocycles. The molecule has 17 heavy (non-hydrogen) atoms. The van der Waals surface area contributed by atoms with Crippen molar-refractivity contribution < 1.29 is 9.90 Å². The Balaban J connectivity index is 1.96. The summed E-state index contributed by atoms with van der Waals surface area (Å²) in [5.41, 5.74) is 3.09. The summed E-state index contributed by atoms with van der Waals surface area (Å²) in [5.74, 6) is 0.273. The van der Waals surface area contributed by atoms with Gasteiger partial charge in [-0.05, 0) is 37.8 Å². The first-order chi connectivity index (χ1) is 8.08. The molecule has 3 heteroatoms. The molecule has 1 aromatic rings. The average molecular weight is 233 g/mol. The summed E-state index contributed by atoms with van der Waals surface area (Å²) < 4.78 is 0. The first kappa shape index (κ1) is 12.1. The Labute approximate surface area is 102 Å². The topological polar surface area (TPSA) is 49.3 Å². The number of nitrogens with one attached hydrogen (secondary N) is 1. The Kier molecular flexibility index (Phi) is 3.48. The van der Waals surface area contributed by atoms with Crippen molar-refractivity contribution in [3.05, 3.63) is 34.9 Å². The normalized spacial score (nSPS) is 16.6. The van der Waals surface area contributed by atoms with E-state index in [4.69, 9.17) is 0 Å². The first-order valence-electron chi connectivity index (χ1n) is 6.11. The number of amides is 1. The van der Waals surface area contributed by atoms with Gasteiger partial charge in [-0.15, -0.1) is 0 Å². The van der Waals surface area contributed by atoms with Crippen molar-refractivity contribution >= 4 is 5.91 Å². The lowest BCUT2D eigenvalue weighted by atomic mass is 10.0. The van der Waals surface area contributed by atoms with Crippen molar-refractivity contribution in [2.75, 3.05) is 6.54 Å². The number of benzene rings is 1. The third-order valence-corrected chi connectivity index (χ3v) is 3.21. The Morgan fingerprint density at radius 1 is 1.47 bits per heavy atom. The van der Waals surface area contributed by atoms with Crippen LogP contribution in [0.15, 0.2) is 18.2 Å². The standard InChI is InChI=1S/C14H19NO2/c1-9-3-4-10(2)12(7-9)13(16)8-15-14(17)11-5-6-11/h3-4,7,11,13,16H,5-6,8H2,1-2H3,(H,15,17). The van der Waals surface area contributed by atoms with Crippen LogP contribution in [0.3, 0.4) is 0 Å². The van der Waals surface area contributed by atoms with Gasteiger partial charge in [-0.3, -0.25) is 4.79 Å². The molecule has 1 aromatic carbocycles. The SMILES string of the molecule is Cc1ccc(C)c(C(O)CNC(=O)C2CC2)c1. The summed E-state index contributed by atoms with van der Waals surface area (Å²) >= 11 is 0. The van der Waals surface area contributed by atoms with Crippen LogP contribution in [0.1, 0.15) is 35.6 Å². The molecule has 1 saturated carbocycles. The molecule has 1 aliphatic carbocycles. The van der Waals surface area contributed by atoms with Crippen molar-refractivity contribution in [2.45, 2.75) is 32.8 Å². The van der Waals surface area contributed by atoms with Gasteiger partial charge in [0.1, 0.15) is 0 Å². The maximum Gasteiger partial charge on any atom is 0.223 e. The molecular weight excluding hydrogens is 214 g/mol. The van der Waals surface area contributed by atoms with Gasteiger partial charge >= 0.3 is 0 Å². The average Bonchev–Trinajstić information content (AvgIpc) is 3.12. The van der Waals surface area contributed by atoms with Crippen molar-refractivity contribution in [1.82, 2.24) is 5.32 Å². The summed E-state index contributed by atoms with van der Waals surface area (Å²) in [5, 5.41) is 12.9. The highest BCUT2D eigenvalue weighted by Crippen LogP contribution is 2.29. The molecule has 92 valence electrons. The minimum Gasteiger partial charge on any atom is -0.387 e. The van der Waals surface area contributed by atoms with E-state index >= 15 is 0 Å². The summed E-state index contributed by atoms with van der Waals surface area (Å²) in [6, 6.07) is 5.99. The van der Waals surface area contributed by atoms with Gasteiger partial charge in [0.05, 0.1) is 6.10 Å². The minimum atomic E-state index is -0.613. The van der Waals surface area contributed by atoms with E-state index in [9.17, 15) is 9.90 Å². The van der Waals surface area contributed by atoms with Crippen LogP contribution in [-0.4, -0.2) is 17.6 Å². The van der Waals surface area contributed by atoms with E-state index in [-0.39, 0.29) is 11.8 Å².